The molecule has 0 unspecified atom stereocenters. The van der Waals surface area contributed by atoms with Crippen LogP contribution < -0.4 is 5.32 Å². The lowest BCUT2D eigenvalue weighted by molar-refractivity contribution is 0.00344. The average Bonchev–Trinajstić information content (AvgIpc) is 2.85. The van der Waals surface area contributed by atoms with Gasteiger partial charge in [0.2, 0.25) is 0 Å². The van der Waals surface area contributed by atoms with Crippen molar-refractivity contribution < 1.29 is 24.2 Å². The summed E-state index contributed by atoms with van der Waals surface area (Å²) in [6.45, 7) is 11.1. The Bertz CT molecular complexity index is 1080. The number of hydrogen-bond donors (Lipinski definition) is 2. The van der Waals surface area contributed by atoms with Crippen LogP contribution in [-0.2, 0) is 21.6 Å². The first-order valence-electron chi connectivity index (χ1n) is 12.8. The van der Waals surface area contributed by atoms with E-state index in [0.29, 0.717) is 18.4 Å². The zero-order chi connectivity index (χ0) is 28.4. The highest BCUT2D eigenvalue weighted by Gasteiger charge is 2.40. The zero-order valence-corrected chi connectivity index (χ0v) is 23.4. The van der Waals surface area contributed by atoms with E-state index in [9.17, 15) is 14.7 Å². The molecule has 0 saturated carbocycles. The molecule has 2 aromatic rings. The van der Waals surface area contributed by atoms with Crippen LogP contribution in [0.25, 0.3) is 0 Å². The molecule has 0 spiro atoms. The standard InChI is InChI=1S/C30H41N3O5/c1-28(2,3)38-26(35)32-30(6,24-16-11-8-12-17-24)25(34)20-33(22-29(4,5)18-13-19-31)27(36)37-21-23-14-9-7-10-15-23/h7-12,14-17,25,34H,13,18,20-22H2,1-6H3,(H,32,35)/t25-,30+/m1/s1. The van der Waals surface area contributed by atoms with Crippen molar-refractivity contribution in [3.05, 3.63) is 71.8 Å². The van der Waals surface area contributed by atoms with E-state index in [4.69, 9.17) is 14.7 Å². The van der Waals surface area contributed by atoms with E-state index in [0.717, 1.165) is 5.56 Å². The second kappa shape index (κ2) is 13.3. The van der Waals surface area contributed by atoms with Gasteiger partial charge in [0.1, 0.15) is 12.2 Å². The molecule has 38 heavy (non-hydrogen) atoms. The molecule has 2 atom stereocenters. The monoisotopic (exact) mass is 523 g/mol. The van der Waals surface area contributed by atoms with Gasteiger partial charge in [-0.05, 0) is 50.7 Å². The van der Waals surface area contributed by atoms with Crippen LogP contribution in [0.5, 0.6) is 0 Å². The second-order valence-corrected chi connectivity index (χ2v) is 11.5. The van der Waals surface area contributed by atoms with Gasteiger partial charge in [0.15, 0.2) is 0 Å². The van der Waals surface area contributed by atoms with Crippen molar-refractivity contribution in [1.29, 1.82) is 5.26 Å². The maximum atomic E-state index is 13.3. The second-order valence-electron chi connectivity index (χ2n) is 11.5. The Labute approximate surface area is 226 Å². The van der Waals surface area contributed by atoms with Crippen LogP contribution in [0.3, 0.4) is 0 Å². The average molecular weight is 524 g/mol. The topological polar surface area (TPSA) is 112 Å². The summed E-state index contributed by atoms with van der Waals surface area (Å²) in [5, 5.41) is 23.5. The number of rotatable bonds is 11. The first-order valence-corrected chi connectivity index (χ1v) is 12.8. The Hall–Kier alpha value is -3.57. The van der Waals surface area contributed by atoms with Gasteiger partial charge in [-0.2, -0.15) is 5.26 Å². The Kier molecular flexibility index (Phi) is 10.7. The van der Waals surface area contributed by atoms with Crippen molar-refractivity contribution in [3.63, 3.8) is 0 Å². The minimum absolute atomic E-state index is 0.0804. The highest BCUT2D eigenvalue weighted by Crippen LogP contribution is 2.29. The number of amides is 2. The molecule has 8 nitrogen and oxygen atoms in total. The number of hydrogen-bond acceptors (Lipinski definition) is 6. The summed E-state index contributed by atoms with van der Waals surface area (Å²) in [5.41, 5.74) is -0.933. The number of carbonyl (C=O) groups excluding carboxylic acids is 2. The summed E-state index contributed by atoms with van der Waals surface area (Å²) in [4.78, 5) is 27.5. The van der Waals surface area contributed by atoms with Crippen LogP contribution in [0.4, 0.5) is 9.59 Å². The molecule has 2 aromatic carbocycles. The molecule has 0 heterocycles. The van der Waals surface area contributed by atoms with Gasteiger partial charge in [-0.25, -0.2) is 9.59 Å². The summed E-state index contributed by atoms with van der Waals surface area (Å²) in [5.74, 6) is 0. The highest BCUT2D eigenvalue weighted by atomic mass is 16.6. The van der Waals surface area contributed by atoms with Crippen molar-refractivity contribution in [1.82, 2.24) is 10.2 Å². The minimum Gasteiger partial charge on any atom is -0.445 e. The number of alkyl carbamates (subject to hydrolysis) is 1. The van der Waals surface area contributed by atoms with E-state index in [2.05, 4.69) is 11.4 Å². The molecule has 0 bridgehead atoms. The molecule has 2 amide bonds. The van der Waals surface area contributed by atoms with E-state index in [1.165, 1.54) is 4.90 Å². The molecular formula is C30H41N3O5. The normalized spacial score (nSPS) is 13.9. The molecule has 2 rings (SSSR count). The van der Waals surface area contributed by atoms with Crippen LogP contribution in [-0.4, -0.2) is 47.0 Å². The Balaban J connectivity index is 2.33. The number of carbonyl (C=O) groups is 2. The molecule has 8 heteroatoms. The van der Waals surface area contributed by atoms with Crippen LogP contribution in [0.2, 0.25) is 0 Å². The van der Waals surface area contributed by atoms with E-state index >= 15 is 0 Å². The third-order valence-corrected chi connectivity index (χ3v) is 6.19. The van der Waals surface area contributed by atoms with Gasteiger partial charge < -0.3 is 24.8 Å². The van der Waals surface area contributed by atoms with Crippen LogP contribution in [0.1, 0.15) is 65.5 Å². The predicted octanol–water partition coefficient (Wildman–Crippen LogP) is 5.76. The maximum Gasteiger partial charge on any atom is 0.410 e. The summed E-state index contributed by atoms with van der Waals surface area (Å²) in [7, 11) is 0. The number of aliphatic hydroxyl groups excluding tert-OH is 1. The molecule has 0 aliphatic heterocycles. The smallest absolute Gasteiger partial charge is 0.410 e. The van der Waals surface area contributed by atoms with E-state index in [1.807, 2.05) is 62.4 Å². The first kappa shape index (κ1) is 30.7. The van der Waals surface area contributed by atoms with E-state index < -0.39 is 34.8 Å². The van der Waals surface area contributed by atoms with Gasteiger partial charge in [0, 0.05) is 13.0 Å². The van der Waals surface area contributed by atoms with Gasteiger partial charge >= 0.3 is 12.2 Å². The molecule has 0 aliphatic carbocycles. The molecule has 206 valence electrons. The lowest BCUT2D eigenvalue weighted by atomic mass is 9.84. The SMILES string of the molecule is CC(C)(CCC#N)CN(C[C@@H](O)[C@@](C)(NC(=O)OC(C)(C)C)c1ccccc1)C(=O)OCc1ccccc1. The number of aliphatic hydroxyl groups is 1. The molecule has 0 aromatic heterocycles. The summed E-state index contributed by atoms with van der Waals surface area (Å²) in [6.07, 6.45) is -1.59. The maximum absolute atomic E-state index is 13.3. The van der Waals surface area contributed by atoms with Crippen molar-refractivity contribution in [2.24, 2.45) is 5.41 Å². The molecule has 0 saturated heterocycles. The molecule has 0 radical (unpaired) electrons. The van der Waals surface area contributed by atoms with Gasteiger partial charge in [0.05, 0.1) is 24.3 Å². The molecule has 0 aliphatic rings. The summed E-state index contributed by atoms with van der Waals surface area (Å²) in [6, 6.07) is 20.6. The molecule has 0 fully saturated rings. The predicted molar refractivity (Wildman–Crippen MR) is 146 cm³/mol. The Morgan fingerprint density at radius 3 is 2.13 bits per heavy atom. The van der Waals surface area contributed by atoms with Gasteiger partial charge in [-0.1, -0.05) is 74.5 Å². The third kappa shape index (κ3) is 9.71. The fourth-order valence-electron chi connectivity index (χ4n) is 4.04. The van der Waals surface area contributed by atoms with Gasteiger partial charge in [0.25, 0.3) is 0 Å². The zero-order valence-electron chi connectivity index (χ0n) is 23.4. The number of ether oxygens (including phenoxy) is 2. The van der Waals surface area contributed by atoms with Crippen molar-refractivity contribution in [3.8, 4) is 6.07 Å². The quantitative estimate of drug-likeness (QED) is 0.387. The lowest BCUT2D eigenvalue weighted by Gasteiger charge is -2.40. The van der Waals surface area contributed by atoms with Gasteiger partial charge in [-0.15, -0.1) is 0 Å². The Morgan fingerprint density at radius 2 is 1.58 bits per heavy atom. The number of benzene rings is 2. The lowest BCUT2D eigenvalue weighted by Crippen LogP contribution is -2.57. The largest absolute Gasteiger partial charge is 0.445 e. The van der Waals surface area contributed by atoms with E-state index in [1.54, 1.807) is 39.8 Å². The fraction of sp³-hybridized carbons (Fsp3) is 0.500. The van der Waals surface area contributed by atoms with Crippen molar-refractivity contribution >= 4 is 12.2 Å². The van der Waals surface area contributed by atoms with Crippen molar-refractivity contribution in [2.75, 3.05) is 13.1 Å². The van der Waals surface area contributed by atoms with Crippen LogP contribution in [0, 0.1) is 16.7 Å². The minimum atomic E-state index is -1.28. The van der Waals surface area contributed by atoms with Crippen LogP contribution in [0.15, 0.2) is 60.7 Å². The van der Waals surface area contributed by atoms with E-state index in [-0.39, 0.29) is 19.7 Å². The number of nitrogens with zero attached hydrogens (tertiary/aromatic N) is 2. The Morgan fingerprint density at radius 1 is 1.00 bits per heavy atom. The molecular weight excluding hydrogens is 482 g/mol. The van der Waals surface area contributed by atoms with Crippen molar-refractivity contribution in [2.45, 2.75) is 78.2 Å². The number of nitrogens with one attached hydrogen (secondary N) is 1. The molecule has 2 N–H and O–H groups in total. The summed E-state index contributed by atoms with van der Waals surface area (Å²) < 4.78 is 11.1. The highest BCUT2D eigenvalue weighted by molar-refractivity contribution is 5.70. The number of nitriles is 1. The van der Waals surface area contributed by atoms with Gasteiger partial charge in [-0.3, -0.25) is 0 Å². The first-order chi connectivity index (χ1) is 17.8. The summed E-state index contributed by atoms with van der Waals surface area (Å²) >= 11 is 0. The third-order valence-electron chi connectivity index (χ3n) is 6.19. The fourth-order valence-corrected chi connectivity index (χ4v) is 4.04. The van der Waals surface area contributed by atoms with Crippen LogP contribution >= 0.6 is 0 Å².